The van der Waals surface area contributed by atoms with Crippen LogP contribution >= 0.6 is 0 Å². The zero-order valence-corrected chi connectivity index (χ0v) is 5.54. The van der Waals surface area contributed by atoms with E-state index in [0.29, 0.717) is 0 Å². The van der Waals surface area contributed by atoms with Crippen molar-refractivity contribution in [2.24, 2.45) is 0 Å². The Hall–Kier alpha value is -1.10. The van der Waals surface area contributed by atoms with Crippen LogP contribution < -0.4 is 10.2 Å². The highest BCUT2D eigenvalue weighted by Gasteiger charge is 2.12. The Labute approximate surface area is 58.4 Å². The number of H-pyrrole nitrogens is 1. The van der Waals surface area contributed by atoms with E-state index < -0.39 is 0 Å². The molecule has 0 bridgehead atoms. The van der Waals surface area contributed by atoms with Gasteiger partial charge in [0.05, 0.1) is 12.9 Å². The Balaban J connectivity index is 2.12. The van der Waals surface area contributed by atoms with Crippen LogP contribution in [-0.2, 0) is 0 Å². The molecule has 5 nitrogen and oxygen atoms in total. The number of nitrogens with one attached hydrogen (secondary N) is 2. The molecule has 1 fully saturated rings. The molecule has 54 valence electrons. The summed E-state index contributed by atoms with van der Waals surface area (Å²) in [4.78, 5) is 2.13. The number of nitrogens with zero attached hydrogens (tertiary/aromatic N) is 3. The molecular formula is C5H9N5. The molecule has 10 heavy (non-hydrogen) atoms. The van der Waals surface area contributed by atoms with E-state index in [9.17, 15) is 0 Å². The molecule has 1 aliphatic rings. The number of anilines is 1. The van der Waals surface area contributed by atoms with Crippen LogP contribution in [0.2, 0.25) is 0 Å². The van der Waals surface area contributed by atoms with E-state index in [-0.39, 0.29) is 0 Å². The second-order valence-electron chi connectivity index (χ2n) is 2.25. The third-order valence-electron chi connectivity index (χ3n) is 1.59. The molecular weight excluding hydrogens is 130 g/mol. The molecule has 0 atom stereocenters. The van der Waals surface area contributed by atoms with Crippen molar-refractivity contribution >= 4 is 5.82 Å². The fourth-order valence-electron chi connectivity index (χ4n) is 1.05. The summed E-state index contributed by atoms with van der Waals surface area (Å²) in [5.41, 5.74) is 0. The summed E-state index contributed by atoms with van der Waals surface area (Å²) in [5, 5.41) is 13.5. The van der Waals surface area contributed by atoms with Crippen molar-refractivity contribution in [3.05, 3.63) is 6.20 Å². The Kier molecular flexibility index (Phi) is 1.28. The highest BCUT2D eigenvalue weighted by Crippen LogP contribution is 2.06. The zero-order valence-electron chi connectivity index (χ0n) is 5.54. The monoisotopic (exact) mass is 139 g/mol. The van der Waals surface area contributed by atoms with Crippen LogP contribution in [0, 0.1) is 0 Å². The van der Waals surface area contributed by atoms with Gasteiger partial charge in [-0.05, 0) is 0 Å². The van der Waals surface area contributed by atoms with Crippen LogP contribution in [0.1, 0.15) is 0 Å². The van der Waals surface area contributed by atoms with Crippen molar-refractivity contribution in [2.45, 2.75) is 0 Å². The molecule has 0 amide bonds. The first-order chi connectivity index (χ1) is 4.97. The largest absolute Gasteiger partial charge is 0.340 e. The summed E-state index contributed by atoms with van der Waals surface area (Å²) in [6.07, 6.45) is 1.73. The summed E-state index contributed by atoms with van der Waals surface area (Å²) in [6, 6.07) is 0. The standard InChI is InChI=1S/C5H9N5/c1-2-10(4-6-1)5-3-7-9-8-5/h3,6H,1-2,4H2,(H,7,8,9). The van der Waals surface area contributed by atoms with Gasteiger partial charge >= 0.3 is 0 Å². The molecule has 0 aromatic carbocycles. The summed E-state index contributed by atoms with van der Waals surface area (Å²) in [5.74, 6) is 0.921. The van der Waals surface area contributed by atoms with Gasteiger partial charge in [-0.25, -0.2) is 0 Å². The van der Waals surface area contributed by atoms with Crippen molar-refractivity contribution in [2.75, 3.05) is 24.7 Å². The second-order valence-corrected chi connectivity index (χ2v) is 2.25. The van der Waals surface area contributed by atoms with E-state index in [1.165, 1.54) is 0 Å². The Morgan fingerprint density at radius 2 is 2.60 bits per heavy atom. The number of hydrogen-bond donors (Lipinski definition) is 2. The maximum atomic E-state index is 3.95. The minimum absolute atomic E-state index is 0.881. The fraction of sp³-hybridized carbons (Fsp3) is 0.600. The van der Waals surface area contributed by atoms with Gasteiger partial charge in [-0.1, -0.05) is 0 Å². The highest BCUT2D eigenvalue weighted by atomic mass is 15.4. The summed E-state index contributed by atoms with van der Waals surface area (Å²) < 4.78 is 0. The van der Waals surface area contributed by atoms with Crippen molar-refractivity contribution in [1.82, 2.24) is 20.7 Å². The van der Waals surface area contributed by atoms with Crippen molar-refractivity contribution in [3.8, 4) is 0 Å². The van der Waals surface area contributed by atoms with E-state index in [0.717, 1.165) is 25.6 Å². The quantitative estimate of drug-likeness (QED) is 0.533. The van der Waals surface area contributed by atoms with Gasteiger partial charge in [0.25, 0.3) is 0 Å². The average Bonchev–Trinajstić information content (AvgIpc) is 2.59. The Morgan fingerprint density at radius 3 is 3.20 bits per heavy atom. The third kappa shape index (κ3) is 0.841. The van der Waals surface area contributed by atoms with Crippen LogP contribution in [0.15, 0.2) is 6.20 Å². The van der Waals surface area contributed by atoms with Gasteiger partial charge in [0.15, 0.2) is 5.82 Å². The lowest BCUT2D eigenvalue weighted by atomic mass is 10.6. The predicted molar refractivity (Wildman–Crippen MR) is 36.6 cm³/mol. The first-order valence-electron chi connectivity index (χ1n) is 3.28. The van der Waals surface area contributed by atoms with Crippen molar-refractivity contribution in [1.29, 1.82) is 0 Å². The molecule has 1 aliphatic heterocycles. The smallest absolute Gasteiger partial charge is 0.171 e. The number of aromatic nitrogens is 3. The minimum atomic E-state index is 0.881. The third-order valence-corrected chi connectivity index (χ3v) is 1.59. The van der Waals surface area contributed by atoms with E-state index in [1.807, 2.05) is 0 Å². The molecule has 0 saturated carbocycles. The van der Waals surface area contributed by atoms with E-state index in [2.05, 4.69) is 25.6 Å². The van der Waals surface area contributed by atoms with Crippen LogP contribution in [0.3, 0.4) is 0 Å². The predicted octanol–water partition coefficient (Wildman–Crippen LogP) is -0.828. The normalized spacial score (nSPS) is 18.2. The summed E-state index contributed by atoms with van der Waals surface area (Å²) >= 11 is 0. The zero-order chi connectivity index (χ0) is 6.81. The number of rotatable bonds is 1. The molecule has 0 unspecified atom stereocenters. The van der Waals surface area contributed by atoms with Gasteiger partial charge in [0, 0.05) is 13.1 Å². The van der Waals surface area contributed by atoms with E-state index in [4.69, 9.17) is 0 Å². The highest BCUT2D eigenvalue weighted by molar-refractivity contribution is 5.34. The lowest BCUT2D eigenvalue weighted by molar-refractivity contribution is 0.844. The fourth-order valence-corrected chi connectivity index (χ4v) is 1.05. The lowest BCUT2D eigenvalue weighted by Crippen LogP contribution is -2.21. The van der Waals surface area contributed by atoms with Gasteiger partial charge in [0.1, 0.15) is 0 Å². The average molecular weight is 139 g/mol. The first kappa shape index (κ1) is 5.67. The molecule has 1 aromatic rings. The molecule has 0 radical (unpaired) electrons. The Morgan fingerprint density at radius 1 is 1.60 bits per heavy atom. The van der Waals surface area contributed by atoms with Crippen molar-refractivity contribution < 1.29 is 0 Å². The second kappa shape index (κ2) is 2.26. The van der Waals surface area contributed by atoms with Gasteiger partial charge in [0.2, 0.25) is 0 Å². The summed E-state index contributed by atoms with van der Waals surface area (Å²) in [6.45, 7) is 2.94. The Bertz CT molecular complexity index is 188. The molecule has 1 saturated heterocycles. The first-order valence-corrected chi connectivity index (χ1v) is 3.28. The minimum Gasteiger partial charge on any atom is -0.340 e. The van der Waals surface area contributed by atoms with Gasteiger partial charge in [-0.15, -0.1) is 5.10 Å². The molecule has 2 rings (SSSR count). The molecule has 2 N–H and O–H groups in total. The number of aromatic amines is 1. The van der Waals surface area contributed by atoms with E-state index >= 15 is 0 Å². The molecule has 0 aliphatic carbocycles. The lowest BCUT2D eigenvalue weighted by Gasteiger charge is -2.10. The van der Waals surface area contributed by atoms with Gasteiger partial charge in [-0.3, -0.25) is 5.32 Å². The molecule has 5 heteroatoms. The maximum Gasteiger partial charge on any atom is 0.171 e. The van der Waals surface area contributed by atoms with Crippen LogP contribution in [0.25, 0.3) is 0 Å². The van der Waals surface area contributed by atoms with Gasteiger partial charge in [-0.2, -0.15) is 10.3 Å². The maximum absolute atomic E-state index is 3.95. The van der Waals surface area contributed by atoms with Crippen LogP contribution in [-0.4, -0.2) is 35.2 Å². The molecule has 0 spiro atoms. The molecule has 1 aromatic heterocycles. The topological polar surface area (TPSA) is 56.8 Å². The summed E-state index contributed by atoms with van der Waals surface area (Å²) in [7, 11) is 0. The molecule has 2 heterocycles. The van der Waals surface area contributed by atoms with E-state index in [1.54, 1.807) is 6.20 Å². The number of hydrogen-bond acceptors (Lipinski definition) is 4. The van der Waals surface area contributed by atoms with Crippen LogP contribution in [0.4, 0.5) is 5.82 Å². The SMILES string of the molecule is c1n[nH]nc1N1CCNC1. The van der Waals surface area contributed by atoms with Crippen LogP contribution in [0.5, 0.6) is 0 Å². The van der Waals surface area contributed by atoms with Crippen molar-refractivity contribution in [3.63, 3.8) is 0 Å². The van der Waals surface area contributed by atoms with Gasteiger partial charge < -0.3 is 4.90 Å².